The Bertz CT molecular complexity index is 294. The molecule has 0 radical (unpaired) electrons. The molecule has 1 atom stereocenters. The Hall–Kier alpha value is -1.03. The van der Waals surface area contributed by atoms with Gasteiger partial charge in [-0.25, -0.2) is 4.79 Å². The lowest BCUT2D eigenvalue weighted by molar-refractivity contribution is 0.0195. The summed E-state index contributed by atoms with van der Waals surface area (Å²) in [6, 6.07) is 0.300. The van der Waals surface area contributed by atoms with Crippen molar-refractivity contribution in [2.75, 3.05) is 19.6 Å². The number of carbonyl (C=O) groups excluding carboxylic acids is 1. The molecule has 0 saturated carbocycles. The largest absolute Gasteiger partial charge is 0.444 e. The Morgan fingerprint density at radius 1 is 1.53 bits per heavy atom. The van der Waals surface area contributed by atoms with Crippen LogP contribution in [0.4, 0.5) is 4.79 Å². The van der Waals surface area contributed by atoms with E-state index in [1.807, 2.05) is 27.7 Å². The van der Waals surface area contributed by atoms with Crippen LogP contribution in [0.5, 0.6) is 0 Å². The molecule has 1 aliphatic rings. The normalized spacial score (nSPS) is 21.2. The van der Waals surface area contributed by atoms with E-state index in [1.54, 1.807) is 4.90 Å². The van der Waals surface area contributed by atoms with Gasteiger partial charge in [0.15, 0.2) is 0 Å². The Kier molecular flexibility index (Phi) is 4.57. The quantitative estimate of drug-likeness (QED) is 0.752. The van der Waals surface area contributed by atoms with Crippen molar-refractivity contribution in [3.8, 4) is 0 Å². The van der Waals surface area contributed by atoms with E-state index in [0.29, 0.717) is 19.1 Å². The van der Waals surface area contributed by atoms with Crippen molar-refractivity contribution < 1.29 is 9.53 Å². The Labute approximate surface area is 104 Å². The molecular weight excluding hydrogens is 216 g/mol. The van der Waals surface area contributed by atoms with Crippen LogP contribution in [-0.4, -0.2) is 42.3 Å². The third-order valence-electron chi connectivity index (χ3n) is 2.50. The lowest BCUT2D eigenvalue weighted by atomic mass is 10.1. The van der Waals surface area contributed by atoms with E-state index in [-0.39, 0.29) is 6.09 Å². The molecule has 0 aromatic carbocycles. The van der Waals surface area contributed by atoms with E-state index in [1.165, 1.54) is 0 Å². The van der Waals surface area contributed by atoms with E-state index in [4.69, 9.17) is 4.74 Å². The highest BCUT2D eigenvalue weighted by molar-refractivity contribution is 5.68. The van der Waals surface area contributed by atoms with E-state index < -0.39 is 5.60 Å². The van der Waals surface area contributed by atoms with Crippen LogP contribution in [0.15, 0.2) is 12.2 Å². The number of nitrogens with one attached hydrogen (secondary N) is 1. The lowest BCUT2D eigenvalue weighted by Gasteiger charge is -2.35. The molecule has 0 aromatic rings. The number of nitrogens with zero attached hydrogens (tertiary/aromatic N) is 1. The predicted octanol–water partition coefficient (Wildman–Crippen LogP) is 2.16. The molecule has 1 saturated heterocycles. The van der Waals surface area contributed by atoms with Crippen LogP contribution in [0.1, 0.15) is 34.1 Å². The SMILES string of the molecule is C=C(C)CC1CN(C(=O)OC(C)(C)C)CCN1. The summed E-state index contributed by atoms with van der Waals surface area (Å²) in [5.41, 5.74) is 0.708. The van der Waals surface area contributed by atoms with Crippen LogP contribution in [-0.2, 0) is 4.74 Å². The molecule has 1 N–H and O–H groups in total. The molecule has 1 unspecified atom stereocenters. The molecule has 98 valence electrons. The van der Waals surface area contributed by atoms with Gasteiger partial charge in [0.2, 0.25) is 0 Å². The minimum absolute atomic E-state index is 0.217. The van der Waals surface area contributed by atoms with Crippen molar-refractivity contribution in [1.29, 1.82) is 0 Å². The molecule has 0 spiro atoms. The highest BCUT2D eigenvalue weighted by atomic mass is 16.6. The van der Waals surface area contributed by atoms with Crippen LogP contribution in [0.3, 0.4) is 0 Å². The van der Waals surface area contributed by atoms with Gasteiger partial charge in [-0.3, -0.25) is 0 Å². The Morgan fingerprint density at radius 3 is 2.71 bits per heavy atom. The number of carbonyl (C=O) groups is 1. The number of ether oxygens (including phenoxy) is 1. The summed E-state index contributed by atoms with van der Waals surface area (Å²) in [5, 5.41) is 3.39. The van der Waals surface area contributed by atoms with Crippen molar-refractivity contribution in [3.05, 3.63) is 12.2 Å². The zero-order chi connectivity index (χ0) is 13.1. The fourth-order valence-electron chi connectivity index (χ4n) is 1.88. The van der Waals surface area contributed by atoms with Crippen LogP contribution in [0.25, 0.3) is 0 Å². The first-order valence-electron chi connectivity index (χ1n) is 6.13. The summed E-state index contributed by atoms with van der Waals surface area (Å²) in [6.07, 6.45) is 0.685. The average molecular weight is 240 g/mol. The molecule has 1 fully saturated rings. The maximum absolute atomic E-state index is 11.9. The number of hydrogen-bond donors (Lipinski definition) is 1. The number of hydrogen-bond acceptors (Lipinski definition) is 3. The van der Waals surface area contributed by atoms with Crippen molar-refractivity contribution in [3.63, 3.8) is 0 Å². The summed E-state index contributed by atoms with van der Waals surface area (Å²) in [5.74, 6) is 0. The molecule has 1 aliphatic heterocycles. The minimum atomic E-state index is -0.425. The first kappa shape index (κ1) is 14.0. The van der Waals surface area contributed by atoms with Crippen molar-refractivity contribution in [1.82, 2.24) is 10.2 Å². The lowest BCUT2D eigenvalue weighted by Crippen LogP contribution is -2.53. The zero-order valence-electron chi connectivity index (χ0n) is 11.4. The van der Waals surface area contributed by atoms with Gasteiger partial charge in [-0.05, 0) is 34.1 Å². The molecule has 1 heterocycles. The predicted molar refractivity (Wildman–Crippen MR) is 69.0 cm³/mol. The third-order valence-corrected chi connectivity index (χ3v) is 2.50. The minimum Gasteiger partial charge on any atom is -0.444 e. The maximum atomic E-state index is 11.9. The smallest absolute Gasteiger partial charge is 0.410 e. The molecule has 1 rings (SSSR count). The highest BCUT2D eigenvalue weighted by Gasteiger charge is 2.27. The van der Waals surface area contributed by atoms with Gasteiger partial charge in [0, 0.05) is 25.7 Å². The summed E-state index contributed by atoms with van der Waals surface area (Å²) in [6.45, 7) is 13.8. The van der Waals surface area contributed by atoms with Crippen LogP contribution >= 0.6 is 0 Å². The van der Waals surface area contributed by atoms with Gasteiger partial charge < -0.3 is 15.0 Å². The zero-order valence-corrected chi connectivity index (χ0v) is 11.4. The Morgan fingerprint density at radius 2 is 2.18 bits per heavy atom. The molecule has 4 heteroatoms. The van der Waals surface area contributed by atoms with Crippen molar-refractivity contribution >= 4 is 6.09 Å². The second-order valence-corrected chi connectivity index (χ2v) is 5.74. The topological polar surface area (TPSA) is 41.6 Å². The second kappa shape index (κ2) is 5.54. The first-order chi connectivity index (χ1) is 7.78. The summed E-state index contributed by atoms with van der Waals surface area (Å²) >= 11 is 0. The van der Waals surface area contributed by atoms with Crippen LogP contribution < -0.4 is 5.32 Å². The maximum Gasteiger partial charge on any atom is 0.410 e. The third kappa shape index (κ3) is 5.22. The van der Waals surface area contributed by atoms with Gasteiger partial charge in [-0.1, -0.05) is 5.57 Å². The van der Waals surface area contributed by atoms with Gasteiger partial charge in [0.05, 0.1) is 0 Å². The molecule has 0 bridgehead atoms. The molecule has 0 aliphatic carbocycles. The Balaban J connectivity index is 2.49. The monoisotopic (exact) mass is 240 g/mol. The average Bonchev–Trinajstić information content (AvgIpc) is 2.14. The van der Waals surface area contributed by atoms with Crippen molar-refractivity contribution in [2.24, 2.45) is 0 Å². The van der Waals surface area contributed by atoms with Gasteiger partial charge in [0.25, 0.3) is 0 Å². The molecule has 17 heavy (non-hydrogen) atoms. The molecular formula is C13H24N2O2. The van der Waals surface area contributed by atoms with E-state index in [2.05, 4.69) is 11.9 Å². The highest BCUT2D eigenvalue weighted by Crippen LogP contribution is 2.13. The van der Waals surface area contributed by atoms with Gasteiger partial charge in [-0.2, -0.15) is 0 Å². The van der Waals surface area contributed by atoms with Crippen molar-refractivity contribution in [2.45, 2.75) is 45.8 Å². The van der Waals surface area contributed by atoms with Crippen LogP contribution in [0, 0.1) is 0 Å². The standard InChI is InChI=1S/C13H24N2O2/c1-10(2)8-11-9-15(7-6-14-11)12(16)17-13(3,4)5/h11,14H,1,6-9H2,2-5H3. The summed E-state index contributed by atoms with van der Waals surface area (Å²) in [7, 11) is 0. The van der Waals surface area contributed by atoms with Gasteiger partial charge in [-0.15, -0.1) is 6.58 Å². The van der Waals surface area contributed by atoms with Crippen LogP contribution in [0.2, 0.25) is 0 Å². The summed E-state index contributed by atoms with van der Waals surface area (Å²) in [4.78, 5) is 13.7. The first-order valence-corrected chi connectivity index (χ1v) is 6.13. The van der Waals surface area contributed by atoms with E-state index in [0.717, 1.165) is 18.5 Å². The number of rotatable bonds is 2. The fraction of sp³-hybridized carbons (Fsp3) is 0.769. The number of amides is 1. The number of piperazine rings is 1. The molecule has 1 amide bonds. The molecule has 4 nitrogen and oxygen atoms in total. The second-order valence-electron chi connectivity index (χ2n) is 5.74. The fourth-order valence-corrected chi connectivity index (χ4v) is 1.88. The van der Waals surface area contributed by atoms with Gasteiger partial charge >= 0.3 is 6.09 Å². The summed E-state index contributed by atoms with van der Waals surface area (Å²) < 4.78 is 5.37. The van der Waals surface area contributed by atoms with E-state index >= 15 is 0 Å². The van der Waals surface area contributed by atoms with Gasteiger partial charge in [0.1, 0.15) is 5.60 Å². The molecule has 0 aromatic heterocycles. The van der Waals surface area contributed by atoms with E-state index in [9.17, 15) is 4.79 Å².